The van der Waals surface area contributed by atoms with Crippen molar-refractivity contribution in [3.63, 3.8) is 0 Å². The van der Waals surface area contributed by atoms with E-state index in [9.17, 15) is 39.5 Å². The van der Waals surface area contributed by atoms with Gasteiger partial charge >= 0.3 is 20.7 Å². The van der Waals surface area contributed by atoms with Crippen molar-refractivity contribution in [2.24, 2.45) is 0 Å². The molecule has 0 aliphatic carbocycles. The summed E-state index contributed by atoms with van der Waals surface area (Å²) in [6, 6.07) is 27.4. The number of rotatable bonds is 41. The summed E-state index contributed by atoms with van der Waals surface area (Å²) in [7, 11) is -4.62. The number of carbonyl (C=O) groups excluding carboxylic acids is 2. The Morgan fingerprint density at radius 1 is 0.420 bits per heavy atom. The topological polar surface area (TPSA) is 237 Å². The monoisotopic (exact) mass is 2080 g/mol. The number of aliphatic hydroxyl groups excluding tert-OH is 2. The van der Waals surface area contributed by atoms with E-state index in [4.69, 9.17) is 37.8 Å². The highest BCUT2D eigenvalue weighted by atomic mass is 127. The van der Waals surface area contributed by atoms with Crippen LogP contribution < -0.4 is 24.4 Å². The van der Waals surface area contributed by atoms with Crippen LogP contribution in [0.4, 0.5) is 0 Å². The molecule has 0 heterocycles. The summed E-state index contributed by atoms with van der Waals surface area (Å²) >= 11 is 9.23. The first kappa shape index (κ1) is 127. The van der Waals surface area contributed by atoms with E-state index in [0.29, 0.717) is 126 Å². The van der Waals surface area contributed by atoms with Crippen LogP contribution in [-0.4, -0.2) is 115 Å². The van der Waals surface area contributed by atoms with Gasteiger partial charge in [-0.05, 0) is 322 Å². The Kier molecular flexibility index (Phi) is 66.8. The van der Waals surface area contributed by atoms with Gasteiger partial charge in [-0.25, -0.2) is 4.79 Å². The molecule has 6 aromatic rings. The third kappa shape index (κ3) is 47.1. The molecule has 0 spiro atoms. The quantitative estimate of drug-likeness (QED) is 0.00523. The summed E-state index contributed by atoms with van der Waals surface area (Å²) in [6.07, 6.45) is 14.3. The third-order valence-electron chi connectivity index (χ3n) is 21.0. The number of esters is 1. The van der Waals surface area contributed by atoms with E-state index in [0.717, 1.165) is 135 Å². The number of aliphatic hydroxyl groups is 2. The van der Waals surface area contributed by atoms with Crippen LogP contribution in [-0.2, 0) is 27.9 Å². The molecule has 0 atom stereocenters. The number of ether oxygens (including phenoxy) is 5. The number of phenolic OH excluding ortho intramolecular Hbond substituents is 2. The molecule has 0 aliphatic rings. The lowest BCUT2D eigenvalue weighted by Crippen LogP contribution is -2.33. The second-order valence-corrected chi connectivity index (χ2v) is 41.4. The van der Waals surface area contributed by atoms with Crippen LogP contribution in [0, 0.1) is 0 Å². The van der Waals surface area contributed by atoms with Crippen molar-refractivity contribution in [1.82, 2.24) is 0 Å². The molecule has 0 aromatic heterocycles. The fourth-order valence-corrected chi connectivity index (χ4v) is 16.3. The van der Waals surface area contributed by atoms with Crippen LogP contribution in [0.1, 0.15) is 436 Å². The van der Waals surface area contributed by atoms with E-state index >= 15 is 0 Å². The number of hydrogen-bond donors (Lipinski definition) is 6. The molecule has 0 saturated carbocycles. The van der Waals surface area contributed by atoms with E-state index in [1.807, 2.05) is 31.2 Å². The Morgan fingerprint density at radius 2 is 0.763 bits per heavy atom. The van der Waals surface area contributed by atoms with Crippen LogP contribution in [0.2, 0.25) is 0 Å². The van der Waals surface area contributed by atoms with Gasteiger partial charge in [0.15, 0.2) is 0 Å². The van der Waals surface area contributed by atoms with Crippen molar-refractivity contribution in [2.45, 2.75) is 358 Å². The van der Waals surface area contributed by atoms with Crippen LogP contribution >= 0.6 is 62.0 Å². The standard InChI is InChI=1S/C20H32O2.C20H30O2.C15H25BO3.C15H23BrO.C12H17BrO.C12H18O.C11H21O5P.C5H9IO/c2*1-7-11-22-20-18(15(5)6)12-17(14(3)4)13-19(20)16(8-2)9-10-21;1-6-7-19-15-13(11(4)5)8-12(10(2)3)9-14(15)16(17)18;1-6-7-17-15-13(11(4)5)8-12(10(2)3)9-14(15)16;1-7(2)9-5-10(8(3)4)12(14)11(13)6-9;1-8(2)10-5-6-12(13)11(7-10)9(3)4;1-5-14-11(12)8-10(4)9-17(13,15-6-2)16-7-3;1-2-5(6)3-4-7/h9,12-15,21H,7-8,10-11H2,1-6H3;9-10,12-15H,7-8,11H2,1-6H3;8-11,17-18H,6-7H2,1-5H3;8-11H,6-7H2,1-5H3;5-8,14H,1-4H3;5-9,13H,1-4H3;8H,5-7,9H2,1-4H3;3,7H,2,4H2,1H3/b2*16-9-;;;;;10-8-;5-3-. The van der Waals surface area contributed by atoms with Gasteiger partial charge < -0.3 is 63.2 Å². The van der Waals surface area contributed by atoms with Gasteiger partial charge in [0, 0.05) is 22.7 Å². The van der Waals surface area contributed by atoms with Crippen molar-refractivity contribution < 1.29 is 77.4 Å². The predicted octanol–water partition coefficient (Wildman–Crippen LogP) is 31.6. The molecule has 131 heavy (non-hydrogen) atoms. The van der Waals surface area contributed by atoms with E-state index in [1.54, 1.807) is 45.9 Å². The molecule has 6 aromatic carbocycles. The Balaban J connectivity index is 0. The molecule has 0 bridgehead atoms. The summed E-state index contributed by atoms with van der Waals surface area (Å²) in [5.41, 5.74) is 20.1. The molecule has 21 heteroatoms. The summed E-state index contributed by atoms with van der Waals surface area (Å²) in [4.78, 5) is 22.2. The zero-order valence-electron chi connectivity index (χ0n) is 87.3. The highest BCUT2D eigenvalue weighted by Gasteiger charge is 2.27. The summed E-state index contributed by atoms with van der Waals surface area (Å²) < 4.78 is 54.1. The largest absolute Gasteiger partial charge is 0.508 e. The number of aldehydes is 1. The number of hydrogen-bond acceptors (Lipinski definition) is 16. The predicted molar refractivity (Wildman–Crippen MR) is 575 cm³/mol. The van der Waals surface area contributed by atoms with E-state index < -0.39 is 20.7 Å². The molecule has 740 valence electrons. The van der Waals surface area contributed by atoms with Crippen LogP contribution in [0.5, 0.6) is 34.5 Å². The first-order chi connectivity index (χ1) is 61.5. The number of benzene rings is 6. The molecular formula is C110H175BBr2IO16P. The van der Waals surface area contributed by atoms with Gasteiger partial charge in [0.25, 0.3) is 0 Å². The number of allylic oxidation sites excluding steroid dienone is 5. The van der Waals surface area contributed by atoms with Crippen LogP contribution in [0.3, 0.4) is 0 Å². The highest BCUT2D eigenvalue weighted by Crippen LogP contribution is 2.50. The van der Waals surface area contributed by atoms with E-state index in [1.165, 1.54) is 54.2 Å². The summed E-state index contributed by atoms with van der Waals surface area (Å²) in [6.45, 7) is 77.4. The lowest BCUT2D eigenvalue weighted by Gasteiger charge is -2.22. The molecule has 0 fully saturated rings. The first-order valence-electron chi connectivity index (χ1n) is 48.2. The van der Waals surface area contributed by atoms with Gasteiger partial charge in [-0.15, -0.1) is 0 Å². The Bertz CT molecular complexity index is 4400. The molecule has 16 nitrogen and oxygen atoms in total. The van der Waals surface area contributed by atoms with Crippen molar-refractivity contribution in [3.05, 3.63) is 199 Å². The molecule has 0 saturated heterocycles. The maximum absolute atomic E-state index is 12.1. The molecular weight excluding hydrogens is 1910 g/mol. The Hall–Kier alpha value is -6.04. The van der Waals surface area contributed by atoms with Gasteiger partial charge in [0.2, 0.25) is 0 Å². The van der Waals surface area contributed by atoms with Crippen LogP contribution in [0.25, 0.3) is 11.1 Å². The minimum Gasteiger partial charge on any atom is -0.508 e. The SMILES string of the molecule is CC(C)c1cc(Br)c(O)c(C(C)C)c1.CC(C)c1ccc(O)c(C(C)C)c1.CC/C(I)=C/CO.CCCOc1c(/C(=C\C=O)CC)cc(C(C)C)cc1C(C)C.CCCOc1c(/C(=C\CO)CC)cc(C(C)C)cc1C(C)C.CCCOc1c(B(O)O)cc(C(C)C)cc1C(C)C.CCCOc1c(Br)cc(C(C)C)cc1C(C)C.CCOC(=O)/C=C(/C)CP(=O)(OCC)OCC. The van der Waals surface area contributed by atoms with E-state index in [-0.39, 0.29) is 25.3 Å². The van der Waals surface area contributed by atoms with Gasteiger partial charge in [0.05, 0.1) is 74.6 Å². The number of carbonyl (C=O) groups is 2. The fraction of sp³-hybridized carbons (Fsp3) is 0.582. The van der Waals surface area contributed by atoms with Gasteiger partial charge in [-0.2, -0.15) is 0 Å². The van der Waals surface area contributed by atoms with E-state index in [2.05, 4.69) is 317 Å². The second-order valence-electron chi connectivity index (χ2n) is 36.3. The Labute approximate surface area is 826 Å². The van der Waals surface area contributed by atoms with Gasteiger partial charge in [-0.3, -0.25) is 9.36 Å². The fourth-order valence-electron chi connectivity index (χ4n) is 13.2. The van der Waals surface area contributed by atoms with Gasteiger partial charge in [-0.1, -0.05) is 275 Å². The normalized spacial score (nSPS) is 11.8. The number of halogens is 3. The third-order valence-corrected chi connectivity index (χ3v) is 25.6. The maximum Gasteiger partial charge on any atom is 0.492 e. The van der Waals surface area contributed by atoms with Gasteiger partial charge in [0.1, 0.15) is 40.8 Å². The van der Waals surface area contributed by atoms with Crippen molar-refractivity contribution in [1.29, 1.82) is 0 Å². The lowest BCUT2D eigenvalue weighted by molar-refractivity contribution is -0.137. The Morgan fingerprint density at radius 3 is 1.10 bits per heavy atom. The first-order valence-corrected chi connectivity index (χ1v) is 52.6. The smallest absolute Gasteiger partial charge is 0.492 e. The lowest BCUT2D eigenvalue weighted by atomic mass is 9.75. The van der Waals surface area contributed by atoms with Crippen LogP contribution in [0.15, 0.2) is 121 Å². The summed E-state index contributed by atoms with van der Waals surface area (Å²) in [5, 5.41) is 56.2. The average Bonchev–Trinajstić information content (AvgIpc) is 0.795. The summed E-state index contributed by atoms with van der Waals surface area (Å²) in [5.74, 6) is 9.10. The number of phenols is 2. The molecule has 0 radical (unpaired) electrons. The minimum absolute atomic E-state index is 0.0688. The highest BCUT2D eigenvalue weighted by molar-refractivity contribution is 14.1. The molecule has 6 rings (SSSR count). The number of aromatic hydroxyl groups is 2. The molecule has 0 aliphatic heterocycles. The zero-order valence-corrected chi connectivity index (χ0v) is 93.5. The second kappa shape index (κ2) is 68.9. The molecule has 0 unspecified atom stereocenters. The maximum atomic E-state index is 12.1. The zero-order chi connectivity index (χ0) is 101. The van der Waals surface area contributed by atoms with Crippen molar-refractivity contribution >= 4 is 98.0 Å². The molecule has 6 N–H and O–H groups in total. The minimum atomic E-state index is -3.13. The average molecular weight is 2080 g/mol. The van der Waals surface area contributed by atoms with Crippen molar-refractivity contribution in [3.8, 4) is 34.5 Å². The molecule has 0 amide bonds. The van der Waals surface area contributed by atoms with Crippen molar-refractivity contribution in [2.75, 3.05) is 65.6 Å².